The van der Waals surface area contributed by atoms with Gasteiger partial charge >= 0.3 is 18.0 Å². The van der Waals surface area contributed by atoms with Gasteiger partial charge in [0.2, 0.25) is 0 Å². The molecule has 3 N–H and O–H groups in total. The summed E-state index contributed by atoms with van der Waals surface area (Å²) in [6.07, 6.45) is 2.20. The highest BCUT2D eigenvalue weighted by Gasteiger charge is 2.38. The molecule has 0 aromatic rings. The van der Waals surface area contributed by atoms with Crippen LogP contribution in [0.2, 0.25) is 0 Å². The zero-order chi connectivity index (χ0) is 15.3. The Morgan fingerprint density at radius 1 is 1.25 bits per heavy atom. The van der Waals surface area contributed by atoms with Crippen LogP contribution in [-0.4, -0.2) is 52.2 Å². The number of nitrogens with one attached hydrogen (secondary N) is 1. The van der Waals surface area contributed by atoms with E-state index in [-0.39, 0.29) is 5.41 Å². The van der Waals surface area contributed by atoms with Crippen LogP contribution in [0.4, 0.5) is 4.79 Å². The number of nitrogens with zero attached hydrogens (tertiary/aromatic N) is 1. The average molecular weight is 286 g/mol. The molecular formula is C13H22N2O5. The first-order valence-corrected chi connectivity index (χ1v) is 6.83. The lowest BCUT2D eigenvalue weighted by atomic mass is 9.82. The third kappa shape index (κ3) is 3.85. The molecule has 1 heterocycles. The molecule has 20 heavy (non-hydrogen) atoms. The van der Waals surface area contributed by atoms with E-state index in [1.807, 2.05) is 0 Å². The Labute approximate surface area is 117 Å². The van der Waals surface area contributed by atoms with Crippen molar-refractivity contribution in [1.82, 2.24) is 10.2 Å². The number of urea groups is 1. The molecule has 1 unspecified atom stereocenters. The van der Waals surface area contributed by atoms with E-state index in [1.165, 1.54) is 0 Å². The van der Waals surface area contributed by atoms with E-state index in [4.69, 9.17) is 10.2 Å². The summed E-state index contributed by atoms with van der Waals surface area (Å²) in [5.41, 5.74) is 0.100. The van der Waals surface area contributed by atoms with Gasteiger partial charge in [0.1, 0.15) is 6.04 Å². The van der Waals surface area contributed by atoms with Crippen molar-refractivity contribution < 1.29 is 24.6 Å². The van der Waals surface area contributed by atoms with Crippen molar-refractivity contribution in [3.8, 4) is 0 Å². The fourth-order valence-electron chi connectivity index (χ4n) is 2.55. The molecule has 1 aliphatic heterocycles. The van der Waals surface area contributed by atoms with Crippen LogP contribution < -0.4 is 5.32 Å². The third-order valence-corrected chi connectivity index (χ3v) is 4.20. The Hall–Kier alpha value is -1.79. The molecular weight excluding hydrogens is 264 g/mol. The highest BCUT2D eigenvalue weighted by atomic mass is 16.4. The van der Waals surface area contributed by atoms with E-state index >= 15 is 0 Å². The minimum absolute atomic E-state index is 0.100. The number of carbonyl (C=O) groups excluding carboxylic acids is 1. The molecule has 7 heteroatoms. The highest BCUT2D eigenvalue weighted by Crippen LogP contribution is 2.36. The van der Waals surface area contributed by atoms with Gasteiger partial charge in [-0.1, -0.05) is 13.8 Å². The molecule has 0 spiro atoms. The molecule has 0 aromatic carbocycles. The van der Waals surface area contributed by atoms with Crippen LogP contribution in [0.1, 0.15) is 39.5 Å². The lowest BCUT2D eigenvalue weighted by molar-refractivity contribution is -0.145. The maximum absolute atomic E-state index is 12.0. The molecule has 0 aromatic heterocycles. The van der Waals surface area contributed by atoms with Crippen molar-refractivity contribution in [2.24, 2.45) is 5.41 Å². The first kappa shape index (κ1) is 16.3. The largest absolute Gasteiger partial charge is 0.481 e. The first-order valence-electron chi connectivity index (χ1n) is 6.83. The van der Waals surface area contributed by atoms with Gasteiger partial charge in [-0.05, 0) is 24.7 Å². The molecule has 0 aliphatic carbocycles. The van der Waals surface area contributed by atoms with Gasteiger partial charge in [-0.3, -0.25) is 4.79 Å². The molecule has 1 saturated heterocycles. The highest BCUT2D eigenvalue weighted by molar-refractivity contribution is 5.86. The Morgan fingerprint density at radius 3 is 2.25 bits per heavy atom. The predicted octanol–water partition coefficient (Wildman–Crippen LogP) is 1.14. The molecule has 1 aliphatic rings. The summed E-state index contributed by atoms with van der Waals surface area (Å²) < 4.78 is 0. The molecule has 0 radical (unpaired) electrons. The van der Waals surface area contributed by atoms with E-state index in [9.17, 15) is 14.4 Å². The standard InChI is InChI=1S/C13H22N2O5/c1-3-13(4-2)5-6-15(8-13)12(20)14-9(11(18)19)7-10(16)17/h9H,3-8H2,1-2H3,(H,14,20)(H,16,17)(H,18,19). The van der Waals surface area contributed by atoms with Gasteiger partial charge in [-0.2, -0.15) is 0 Å². The van der Waals surface area contributed by atoms with Crippen molar-refractivity contribution in [2.75, 3.05) is 13.1 Å². The quantitative estimate of drug-likeness (QED) is 0.678. The number of carboxylic acids is 2. The van der Waals surface area contributed by atoms with Crippen molar-refractivity contribution in [1.29, 1.82) is 0 Å². The lowest BCUT2D eigenvalue weighted by Gasteiger charge is -2.27. The van der Waals surface area contributed by atoms with Gasteiger partial charge in [0.15, 0.2) is 0 Å². The van der Waals surface area contributed by atoms with Gasteiger partial charge < -0.3 is 20.4 Å². The second-order valence-electron chi connectivity index (χ2n) is 5.32. The Balaban J connectivity index is 2.62. The fourth-order valence-corrected chi connectivity index (χ4v) is 2.55. The van der Waals surface area contributed by atoms with Crippen LogP contribution in [0.5, 0.6) is 0 Å². The van der Waals surface area contributed by atoms with E-state index in [2.05, 4.69) is 19.2 Å². The van der Waals surface area contributed by atoms with Crippen molar-refractivity contribution in [3.05, 3.63) is 0 Å². The zero-order valence-electron chi connectivity index (χ0n) is 11.9. The van der Waals surface area contributed by atoms with Gasteiger partial charge in [-0.15, -0.1) is 0 Å². The van der Waals surface area contributed by atoms with Crippen LogP contribution in [0.3, 0.4) is 0 Å². The van der Waals surface area contributed by atoms with E-state index in [1.54, 1.807) is 4.90 Å². The van der Waals surface area contributed by atoms with Gasteiger partial charge in [0.05, 0.1) is 6.42 Å². The Kier molecular flexibility index (Phi) is 5.35. The fraction of sp³-hybridized carbons (Fsp3) is 0.769. The molecule has 0 saturated carbocycles. The number of carbonyl (C=O) groups is 3. The second-order valence-corrected chi connectivity index (χ2v) is 5.32. The number of carboxylic acid groups (broad SMARTS) is 2. The minimum atomic E-state index is -1.39. The summed E-state index contributed by atoms with van der Waals surface area (Å²) >= 11 is 0. The maximum atomic E-state index is 12.0. The lowest BCUT2D eigenvalue weighted by Crippen LogP contribution is -2.48. The maximum Gasteiger partial charge on any atom is 0.326 e. The molecule has 2 amide bonds. The minimum Gasteiger partial charge on any atom is -0.481 e. The molecule has 1 rings (SSSR count). The van der Waals surface area contributed by atoms with Gasteiger partial charge in [0.25, 0.3) is 0 Å². The van der Waals surface area contributed by atoms with Crippen LogP contribution in [-0.2, 0) is 9.59 Å². The number of amides is 2. The van der Waals surface area contributed by atoms with Crippen LogP contribution >= 0.6 is 0 Å². The zero-order valence-corrected chi connectivity index (χ0v) is 11.9. The number of likely N-dealkylation sites (tertiary alicyclic amines) is 1. The van der Waals surface area contributed by atoms with Crippen molar-refractivity contribution >= 4 is 18.0 Å². The number of aliphatic carboxylic acids is 2. The third-order valence-electron chi connectivity index (χ3n) is 4.20. The monoisotopic (exact) mass is 286 g/mol. The SMILES string of the molecule is CCC1(CC)CCN(C(=O)NC(CC(=O)O)C(=O)O)C1. The van der Waals surface area contributed by atoms with Crippen LogP contribution in [0, 0.1) is 5.41 Å². The molecule has 0 bridgehead atoms. The summed E-state index contributed by atoms with van der Waals surface area (Å²) in [6.45, 7) is 5.32. The Bertz CT molecular complexity index is 392. The van der Waals surface area contributed by atoms with E-state index in [0.717, 1.165) is 19.3 Å². The predicted molar refractivity (Wildman–Crippen MR) is 71.4 cm³/mol. The number of hydrogen-bond donors (Lipinski definition) is 3. The van der Waals surface area contributed by atoms with Gasteiger partial charge in [0, 0.05) is 13.1 Å². The summed E-state index contributed by atoms with van der Waals surface area (Å²) in [7, 11) is 0. The molecule has 1 atom stereocenters. The van der Waals surface area contributed by atoms with E-state index < -0.39 is 30.4 Å². The van der Waals surface area contributed by atoms with Crippen LogP contribution in [0.25, 0.3) is 0 Å². The second kappa shape index (κ2) is 6.58. The first-order chi connectivity index (χ1) is 9.33. The molecule has 1 fully saturated rings. The molecule has 7 nitrogen and oxygen atoms in total. The average Bonchev–Trinajstić information content (AvgIpc) is 2.82. The summed E-state index contributed by atoms with van der Waals surface area (Å²) in [5, 5.41) is 19.8. The number of hydrogen-bond acceptors (Lipinski definition) is 3. The van der Waals surface area contributed by atoms with Crippen molar-refractivity contribution in [3.63, 3.8) is 0 Å². The van der Waals surface area contributed by atoms with Crippen LogP contribution in [0.15, 0.2) is 0 Å². The summed E-state index contributed by atoms with van der Waals surface area (Å²) in [6, 6.07) is -1.89. The molecule has 114 valence electrons. The Morgan fingerprint density at radius 2 is 1.85 bits per heavy atom. The number of rotatable bonds is 6. The van der Waals surface area contributed by atoms with Gasteiger partial charge in [-0.25, -0.2) is 9.59 Å². The topological polar surface area (TPSA) is 107 Å². The summed E-state index contributed by atoms with van der Waals surface area (Å²) in [4.78, 5) is 35.1. The van der Waals surface area contributed by atoms with Crippen molar-refractivity contribution in [2.45, 2.75) is 45.6 Å². The summed E-state index contributed by atoms with van der Waals surface area (Å²) in [5.74, 6) is -2.59. The van der Waals surface area contributed by atoms with E-state index in [0.29, 0.717) is 13.1 Å². The normalized spacial score (nSPS) is 18.6. The smallest absolute Gasteiger partial charge is 0.326 e.